The van der Waals surface area contributed by atoms with Crippen molar-refractivity contribution in [1.82, 2.24) is 0 Å². The van der Waals surface area contributed by atoms with E-state index >= 15 is 0 Å². The predicted octanol–water partition coefficient (Wildman–Crippen LogP) is 3.47. The highest BCUT2D eigenvalue weighted by Gasteiger charge is 2.08. The van der Waals surface area contributed by atoms with Crippen LogP contribution in [0.2, 0.25) is 0 Å². The van der Waals surface area contributed by atoms with Gasteiger partial charge in [0.15, 0.2) is 17.2 Å². The molecule has 0 unspecified atom stereocenters. The van der Waals surface area contributed by atoms with E-state index in [2.05, 4.69) is 0 Å². The van der Waals surface area contributed by atoms with Gasteiger partial charge < -0.3 is 15.6 Å². The molecule has 94 valence electrons. The number of nitrogens with two attached hydrogens (primary N) is 1. The van der Waals surface area contributed by atoms with Crippen LogP contribution in [-0.4, -0.2) is 5.11 Å². The van der Waals surface area contributed by atoms with Crippen LogP contribution in [0.1, 0.15) is 12.5 Å². The van der Waals surface area contributed by atoms with Gasteiger partial charge >= 0.3 is 0 Å². The van der Waals surface area contributed by atoms with E-state index in [0.29, 0.717) is 5.69 Å². The maximum atomic E-state index is 13.1. The number of ether oxygens (including phenoxy) is 1. The predicted molar refractivity (Wildman–Crippen MR) is 68.4 cm³/mol. The summed E-state index contributed by atoms with van der Waals surface area (Å²) in [6, 6.07) is 8.95. The minimum Gasteiger partial charge on any atom is -0.504 e. The molecule has 18 heavy (non-hydrogen) atoms. The Balaban J connectivity index is 2.31. The van der Waals surface area contributed by atoms with Crippen LogP contribution in [0.3, 0.4) is 0 Å². The third-order valence-electron chi connectivity index (χ3n) is 2.63. The largest absolute Gasteiger partial charge is 0.504 e. The molecular weight excluding hydrogens is 233 g/mol. The number of rotatable bonds is 3. The summed E-state index contributed by atoms with van der Waals surface area (Å²) >= 11 is 0. The first-order valence-corrected chi connectivity index (χ1v) is 5.65. The zero-order valence-electron chi connectivity index (χ0n) is 9.98. The van der Waals surface area contributed by atoms with Crippen molar-refractivity contribution in [3.05, 3.63) is 47.8 Å². The number of nitrogen functional groups attached to an aromatic ring is 1. The van der Waals surface area contributed by atoms with Crippen LogP contribution in [0.15, 0.2) is 36.4 Å². The van der Waals surface area contributed by atoms with Crippen molar-refractivity contribution in [3.8, 4) is 17.2 Å². The Morgan fingerprint density at radius 3 is 2.61 bits per heavy atom. The van der Waals surface area contributed by atoms with E-state index in [4.69, 9.17) is 10.5 Å². The second kappa shape index (κ2) is 4.96. The van der Waals surface area contributed by atoms with Crippen LogP contribution >= 0.6 is 0 Å². The van der Waals surface area contributed by atoms with Gasteiger partial charge in [0.05, 0.1) is 5.69 Å². The topological polar surface area (TPSA) is 55.5 Å². The lowest BCUT2D eigenvalue weighted by atomic mass is 10.1. The standard InChI is InChI=1S/C14H14FNO2/c1-2-9-3-6-13(12(17)7-9)18-14-8-10(15)4-5-11(14)16/h3-8,17H,2,16H2,1H3. The summed E-state index contributed by atoms with van der Waals surface area (Å²) in [5, 5.41) is 9.78. The summed E-state index contributed by atoms with van der Waals surface area (Å²) in [6.07, 6.45) is 0.815. The normalized spacial score (nSPS) is 10.3. The fourth-order valence-corrected chi connectivity index (χ4v) is 1.58. The molecule has 3 N–H and O–H groups in total. The monoisotopic (exact) mass is 247 g/mol. The van der Waals surface area contributed by atoms with E-state index in [1.165, 1.54) is 18.2 Å². The number of phenols is 1. The van der Waals surface area contributed by atoms with Crippen LogP contribution < -0.4 is 10.5 Å². The summed E-state index contributed by atoms with van der Waals surface area (Å²) in [5.74, 6) is 0.0147. The molecule has 0 aliphatic heterocycles. The third-order valence-corrected chi connectivity index (χ3v) is 2.63. The molecule has 2 aromatic rings. The number of anilines is 1. The fraction of sp³-hybridized carbons (Fsp3) is 0.143. The zero-order valence-corrected chi connectivity index (χ0v) is 9.98. The average Bonchev–Trinajstić information content (AvgIpc) is 2.36. The van der Waals surface area contributed by atoms with Crippen LogP contribution in [0.5, 0.6) is 17.2 Å². The lowest BCUT2D eigenvalue weighted by molar-refractivity contribution is 0.410. The van der Waals surface area contributed by atoms with Crippen molar-refractivity contribution in [2.24, 2.45) is 0 Å². The molecule has 0 atom stereocenters. The molecule has 4 heteroatoms. The molecule has 0 saturated carbocycles. The highest BCUT2D eigenvalue weighted by atomic mass is 19.1. The Bertz CT molecular complexity index is 570. The van der Waals surface area contributed by atoms with Gasteiger partial charge in [0.2, 0.25) is 0 Å². The summed E-state index contributed by atoms with van der Waals surface area (Å²) in [6.45, 7) is 1.99. The fourth-order valence-electron chi connectivity index (χ4n) is 1.58. The van der Waals surface area contributed by atoms with Crippen molar-refractivity contribution in [3.63, 3.8) is 0 Å². The molecule has 2 rings (SSSR count). The molecule has 2 aromatic carbocycles. The van der Waals surface area contributed by atoms with Crippen LogP contribution in [0.25, 0.3) is 0 Å². The van der Waals surface area contributed by atoms with Gasteiger partial charge in [-0.15, -0.1) is 0 Å². The Kier molecular flexibility index (Phi) is 3.37. The molecule has 3 nitrogen and oxygen atoms in total. The minimum atomic E-state index is -0.441. The van der Waals surface area contributed by atoms with Gasteiger partial charge in [0.1, 0.15) is 5.82 Å². The Morgan fingerprint density at radius 2 is 1.94 bits per heavy atom. The number of halogens is 1. The highest BCUT2D eigenvalue weighted by Crippen LogP contribution is 2.34. The molecule has 0 aliphatic carbocycles. The first kappa shape index (κ1) is 12.2. The smallest absolute Gasteiger partial charge is 0.169 e. The number of hydrogen-bond acceptors (Lipinski definition) is 3. The number of hydrogen-bond donors (Lipinski definition) is 2. The molecule has 0 amide bonds. The number of phenolic OH excluding ortho intramolecular Hbond substituents is 1. The van der Waals surface area contributed by atoms with Gasteiger partial charge in [-0.3, -0.25) is 0 Å². The zero-order chi connectivity index (χ0) is 13.1. The van der Waals surface area contributed by atoms with Crippen molar-refractivity contribution >= 4 is 5.69 Å². The Labute approximate surface area is 105 Å². The highest BCUT2D eigenvalue weighted by molar-refractivity contribution is 5.55. The van der Waals surface area contributed by atoms with Gasteiger partial charge in [-0.2, -0.15) is 0 Å². The Morgan fingerprint density at radius 1 is 1.17 bits per heavy atom. The molecular formula is C14H14FNO2. The minimum absolute atomic E-state index is 0.0120. The molecule has 0 saturated heterocycles. The van der Waals surface area contributed by atoms with Crippen LogP contribution in [0, 0.1) is 5.82 Å². The van der Waals surface area contributed by atoms with E-state index in [-0.39, 0.29) is 17.2 Å². The molecule has 0 radical (unpaired) electrons. The first-order chi connectivity index (χ1) is 8.60. The summed E-state index contributed by atoms with van der Waals surface area (Å²) in [5.41, 5.74) is 6.98. The lowest BCUT2D eigenvalue weighted by Crippen LogP contribution is -1.93. The number of aryl methyl sites for hydroxylation is 1. The second-order valence-electron chi connectivity index (χ2n) is 3.94. The second-order valence-corrected chi connectivity index (χ2v) is 3.94. The van der Waals surface area contributed by atoms with Crippen LogP contribution in [-0.2, 0) is 6.42 Å². The van der Waals surface area contributed by atoms with Crippen molar-refractivity contribution in [2.75, 3.05) is 5.73 Å². The van der Waals surface area contributed by atoms with Gasteiger partial charge in [-0.1, -0.05) is 13.0 Å². The summed E-state index contributed by atoms with van der Waals surface area (Å²) < 4.78 is 18.5. The number of benzene rings is 2. The van der Waals surface area contributed by atoms with Crippen molar-refractivity contribution in [1.29, 1.82) is 0 Å². The molecule has 0 aliphatic rings. The molecule has 0 bridgehead atoms. The van der Waals surface area contributed by atoms with E-state index in [9.17, 15) is 9.50 Å². The first-order valence-electron chi connectivity index (χ1n) is 5.65. The van der Waals surface area contributed by atoms with Gasteiger partial charge in [-0.05, 0) is 36.2 Å². The van der Waals surface area contributed by atoms with Crippen LogP contribution in [0.4, 0.5) is 10.1 Å². The van der Waals surface area contributed by atoms with Gasteiger partial charge in [-0.25, -0.2) is 4.39 Å². The SMILES string of the molecule is CCc1ccc(Oc2cc(F)ccc2N)c(O)c1. The molecule has 0 spiro atoms. The Hall–Kier alpha value is -2.23. The molecule has 0 heterocycles. The third kappa shape index (κ3) is 2.53. The number of aromatic hydroxyl groups is 1. The van der Waals surface area contributed by atoms with Gasteiger partial charge in [0, 0.05) is 6.07 Å². The van der Waals surface area contributed by atoms with Crippen molar-refractivity contribution in [2.45, 2.75) is 13.3 Å². The van der Waals surface area contributed by atoms with Gasteiger partial charge in [0.25, 0.3) is 0 Å². The maximum absolute atomic E-state index is 13.1. The van der Waals surface area contributed by atoms with E-state index in [0.717, 1.165) is 12.0 Å². The average molecular weight is 247 g/mol. The lowest BCUT2D eigenvalue weighted by Gasteiger charge is -2.10. The van der Waals surface area contributed by atoms with Crippen molar-refractivity contribution < 1.29 is 14.2 Å². The molecule has 0 fully saturated rings. The molecule has 0 aromatic heterocycles. The van der Waals surface area contributed by atoms with E-state index < -0.39 is 5.82 Å². The van der Waals surface area contributed by atoms with E-state index in [1.54, 1.807) is 12.1 Å². The summed E-state index contributed by atoms with van der Waals surface area (Å²) in [4.78, 5) is 0. The quantitative estimate of drug-likeness (QED) is 0.816. The van der Waals surface area contributed by atoms with E-state index in [1.807, 2.05) is 13.0 Å². The summed E-state index contributed by atoms with van der Waals surface area (Å²) in [7, 11) is 0. The maximum Gasteiger partial charge on any atom is 0.169 e.